The molecule has 1 aromatic rings. The molecule has 2 aliphatic rings. The number of anilines is 1. The third-order valence-electron chi connectivity index (χ3n) is 5.50. The molecule has 1 saturated heterocycles. The van der Waals surface area contributed by atoms with Crippen LogP contribution in [0.15, 0.2) is 18.5 Å². The van der Waals surface area contributed by atoms with E-state index in [1.165, 1.54) is 0 Å². The van der Waals surface area contributed by atoms with E-state index in [9.17, 15) is 14.4 Å². The van der Waals surface area contributed by atoms with Gasteiger partial charge < -0.3 is 20.2 Å². The van der Waals surface area contributed by atoms with E-state index >= 15 is 0 Å². The summed E-state index contributed by atoms with van der Waals surface area (Å²) in [5.74, 6) is -0.970. The van der Waals surface area contributed by atoms with E-state index < -0.39 is 11.9 Å². The topological polar surface area (TPSA) is 116 Å². The summed E-state index contributed by atoms with van der Waals surface area (Å²) in [5, 5.41) is 11.9. The second kappa shape index (κ2) is 9.48. The van der Waals surface area contributed by atoms with Crippen molar-refractivity contribution in [1.82, 2.24) is 20.2 Å². The Hall–Kier alpha value is -2.71. The predicted octanol–water partition coefficient (Wildman–Crippen LogP) is 0.523. The van der Waals surface area contributed by atoms with Crippen LogP contribution in [0.1, 0.15) is 32.1 Å². The SMILES string of the molecule is O=C(O)C1CCCC(C(=O)NCCC(=O)N2CCN(c3ncccn3)CC2)C1. The van der Waals surface area contributed by atoms with Crippen molar-refractivity contribution in [3.63, 3.8) is 0 Å². The molecule has 2 fully saturated rings. The third-order valence-corrected chi connectivity index (χ3v) is 5.50. The van der Waals surface area contributed by atoms with Crippen LogP contribution < -0.4 is 10.2 Å². The number of carbonyl (C=O) groups is 3. The van der Waals surface area contributed by atoms with Crippen LogP contribution in [0.3, 0.4) is 0 Å². The normalized spacial score (nSPS) is 22.6. The molecule has 3 rings (SSSR count). The molecule has 0 spiro atoms. The number of nitrogens with one attached hydrogen (secondary N) is 1. The third kappa shape index (κ3) is 5.17. The molecule has 0 aromatic carbocycles. The summed E-state index contributed by atoms with van der Waals surface area (Å²) in [7, 11) is 0. The van der Waals surface area contributed by atoms with Crippen molar-refractivity contribution in [3.8, 4) is 0 Å². The van der Waals surface area contributed by atoms with Gasteiger partial charge in [-0.3, -0.25) is 14.4 Å². The highest BCUT2D eigenvalue weighted by molar-refractivity contribution is 5.81. The molecule has 0 radical (unpaired) electrons. The lowest BCUT2D eigenvalue weighted by Crippen LogP contribution is -2.49. The number of hydrogen-bond acceptors (Lipinski definition) is 6. The lowest BCUT2D eigenvalue weighted by molar-refractivity contribution is -0.144. The van der Waals surface area contributed by atoms with E-state index in [1.807, 2.05) is 4.90 Å². The highest BCUT2D eigenvalue weighted by Crippen LogP contribution is 2.29. The van der Waals surface area contributed by atoms with Gasteiger partial charge in [-0.1, -0.05) is 6.42 Å². The van der Waals surface area contributed by atoms with Gasteiger partial charge in [0.2, 0.25) is 17.8 Å². The second-order valence-corrected chi connectivity index (χ2v) is 7.36. The lowest BCUT2D eigenvalue weighted by atomic mass is 9.81. The van der Waals surface area contributed by atoms with Crippen LogP contribution in [0, 0.1) is 11.8 Å². The Morgan fingerprint density at radius 2 is 1.75 bits per heavy atom. The number of amides is 2. The fourth-order valence-electron chi connectivity index (χ4n) is 3.86. The van der Waals surface area contributed by atoms with Gasteiger partial charge in [0.25, 0.3) is 0 Å². The van der Waals surface area contributed by atoms with Gasteiger partial charge in [0.05, 0.1) is 5.92 Å². The summed E-state index contributed by atoms with van der Waals surface area (Å²) in [5.41, 5.74) is 0. The number of piperazine rings is 1. The van der Waals surface area contributed by atoms with Crippen LogP contribution in [0.2, 0.25) is 0 Å². The predicted molar refractivity (Wildman–Crippen MR) is 102 cm³/mol. The molecule has 2 N–H and O–H groups in total. The summed E-state index contributed by atoms with van der Waals surface area (Å²) in [6, 6.07) is 1.77. The Kier molecular flexibility index (Phi) is 6.78. The van der Waals surface area contributed by atoms with E-state index in [2.05, 4.69) is 15.3 Å². The maximum Gasteiger partial charge on any atom is 0.306 e. The lowest BCUT2D eigenvalue weighted by Gasteiger charge is -2.34. The first-order chi connectivity index (χ1) is 13.5. The first kappa shape index (κ1) is 20.0. The number of aromatic nitrogens is 2. The molecule has 28 heavy (non-hydrogen) atoms. The highest BCUT2D eigenvalue weighted by Gasteiger charge is 2.31. The molecule has 9 nitrogen and oxygen atoms in total. The molecular formula is C19H27N5O4. The zero-order valence-electron chi connectivity index (χ0n) is 15.9. The van der Waals surface area contributed by atoms with Gasteiger partial charge in [-0.25, -0.2) is 9.97 Å². The molecule has 2 heterocycles. The van der Waals surface area contributed by atoms with Crippen molar-refractivity contribution < 1.29 is 19.5 Å². The minimum absolute atomic E-state index is 0.0148. The first-order valence-electron chi connectivity index (χ1n) is 9.85. The molecule has 1 aliphatic heterocycles. The fourth-order valence-corrected chi connectivity index (χ4v) is 3.86. The molecule has 1 saturated carbocycles. The minimum Gasteiger partial charge on any atom is -0.481 e. The number of rotatable bonds is 6. The summed E-state index contributed by atoms with van der Waals surface area (Å²) in [6.45, 7) is 2.86. The Morgan fingerprint density at radius 1 is 1.07 bits per heavy atom. The monoisotopic (exact) mass is 389 g/mol. The van der Waals surface area contributed by atoms with Crippen molar-refractivity contribution in [1.29, 1.82) is 0 Å². The summed E-state index contributed by atoms with van der Waals surface area (Å²) in [4.78, 5) is 48.1. The number of nitrogens with zero attached hydrogens (tertiary/aromatic N) is 4. The van der Waals surface area contributed by atoms with Gasteiger partial charge in [0.1, 0.15) is 0 Å². The van der Waals surface area contributed by atoms with E-state index in [1.54, 1.807) is 23.4 Å². The highest BCUT2D eigenvalue weighted by atomic mass is 16.4. The zero-order valence-corrected chi connectivity index (χ0v) is 15.9. The van der Waals surface area contributed by atoms with Crippen LogP contribution in [0.4, 0.5) is 5.95 Å². The smallest absolute Gasteiger partial charge is 0.306 e. The van der Waals surface area contributed by atoms with E-state index in [4.69, 9.17) is 5.11 Å². The Morgan fingerprint density at radius 3 is 2.43 bits per heavy atom. The largest absolute Gasteiger partial charge is 0.481 e. The zero-order chi connectivity index (χ0) is 19.9. The Bertz CT molecular complexity index is 691. The Labute approximate surface area is 164 Å². The van der Waals surface area contributed by atoms with Crippen LogP contribution in [-0.4, -0.2) is 70.5 Å². The molecule has 1 aliphatic carbocycles. The number of carboxylic acid groups (broad SMARTS) is 1. The van der Waals surface area contributed by atoms with Crippen molar-refractivity contribution in [3.05, 3.63) is 18.5 Å². The van der Waals surface area contributed by atoms with Gasteiger partial charge >= 0.3 is 5.97 Å². The molecule has 2 unspecified atom stereocenters. The second-order valence-electron chi connectivity index (χ2n) is 7.36. The number of hydrogen-bond donors (Lipinski definition) is 2. The van der Waals surface area contributed by atoms with Crippen LogP contribution in [-0.2, 0) is 14.4 Å². The van der Waals surface area contributed by atoms with Gasteiger partial charge in [-0.2, -0.15) is 0 Å². The van der Waals surface area contributed by atoms with Crippen molar-refractivity contribution in [2.75, 3.05) is 37.6 Å². The minimum atomic E-state index is -0.826. The van der Waals surface area contributed by atoms with Crippen LogP contribution in [0.5, 0.6) is 0 Å². The Balaban J connectivity index is 1.37. The molecule has 1 aromatic heterocycles. The van der Waals surface area contributed by atoms with Crippen LogP contribution >= 0.6 is 0 Å². The molecule has 0 bridgehead atoms. The van der Waals surface area contributed by atoms with Gasteiger partial charge in [-0.15, -0.1) is 0 Å². The summed E-state index contributed by atoms with van der Waals surface area (Å²) in [6.07, 6.45) is 6.15. The van der Waals surface area contributed by atoms with Crippen LogP contribution in [0.25, 0.3) is 0 Å². The number of aliphatic carboxylic acids is 1. The van der Waals surface area contributed by atoms with E-state index in [-0.39, 0.29) is 30.7 Å². The molecule has 152 valence electrons. The van der Waals surface area contributed by atoms with Crippen molar-refractivity contribution in [2.24, 2.45) is 11.8 Å². The fraction of sp³-hybridized carbons (Fsp3) is 0.632. The molecular weight excluding hydrogens is 362 g/mol. The first-order valence-corrected chi connectivity index (χ1v) is 9.85. The molecule has 2 atom stereocenters. The quantitative estimate of drug-likeness (QED) is 0.729. The van der Waals surface area contributed by atoms with Crippen molar-refractivity contribution in [2.45, 2.75) is 32.1 Å². The van der Waals surface area contributed by atoms with E-state index in [0.717, 1.165) is 6.42 Å². The van der Waals surface area contributed by atoms with Gasteiger partial charge in [-0.05, 0) is 25.3 Å². The number of carboxylic acids is 1. The van der Waals surface area contributed by atoms with Gasteiger partial charge in [0, 0.05) is 57.5 Å². The van der Waals surface area contributed by atoms with E-state index in [0.29, 0.717) is 51.4 Å². The van der Waals surface area contributed by atoms with Gasteiger partial charge in [0.15, 0.2) is 0 Å². The standard InChI is InChI=1S/C19H27N5O4/c25-16(23-9-11-24(12-10-23)19-21-6-2-7-22-19)5-8-20-17(26)14-3-1-4-15(13-14)18(27)28/h2,6-7,14-15H,1,3-5,8-13H2,(H,20,26)(H,27,28). The molecule has 9 heteroatoms. The number of carbonyl (C=O) groups excluding carboxylic acids is 2. The average molecular weight is 389 g/mol. The maximum atomic E-state index is 12.4. The summed E-state index contributed by atoms with van der Waals surface area (Å²) < 4.78 is 0. The molecule has 2 amide bonds. The van der Waals surface area contributed by atoms with Crippen molar-refractivity contribution >= 4 is 23.7 Å². The summed E-state index contributed by atoms with van der Waals surface area (Å²) >= 11 is 0. The maximum absolute atomic E-state index is 12.4. The average Bonchev–Trinajstić information content (AvgIpc) is 2.74.